The van der Waals surface area contributed by atoms with Gasteiger partial charge in [-0.05, 0) is 65.8 Å². The number of carbonyl (C=O) groups is 1. The van der Waals surface area contributed by atoms with Crippen LogP contribution >= 0.6 is 11.3 Å². The van der Waals surface area contributed by atoms with Gasteiger partial charge in [-0.15, -0.1) is 11.3 Å². The minimum Gasteiger partial charge on any atom is -0.488 e. The third kappa shape index (κ3) is 6.52. The molecule has 1 fully saturated rings. The number of hydrogen-bond donors (Lipinski definition) is 0. The molecule has 0 N–H and O–H groups in total. The van der Waals surface area contributed by atoms with Crippen molar-refractivity contribution in [2.24, 2.45) is 0 Å². The van der Waals surface area contributed by atoms with Crippen LogP contribution in [0.5, 0.6) is 5.75 Å². The molecule has 2 aromatic carbocycles. The molecule has 2 heterocycles. The molecule has 0 radical (unpaired) electrons. The van der Waals surface area contributed by atoms with Crippen LogP contribution in [-0.2, 0) is 22.7 Å². The van der Waals surface area contributed by atoms with Crippen molar-refractivity contribution < 1.29 is 18.7 Å². The first-order chi connectivity index (χ1) is 15.7. The van der Waals surface area contributed by atoms with Gasteiger partial charge >= 0.3 is 0 Å². The lowest BCUT2D eigenvalue weighted by Crippen LogP contribution is -2.35. The van der Waals surface area contributed by atoms with Crippen LogP contribution in [0.25, 0.3) is 6.08 Å². The van der Waals surface area contributed by atoms with E-state index in [4.69, 9.17) is 9.47 Å². The molecule has 32 heavy (non-hydrogen) atoms. The molecular formula is C26H26FNO3S. The largest absolute Gasteiger partial charge is 0.488 e. The van der Waals surface area contributed by atoms with Crippen LogP contribution in [-0.4, -0.2) is 30.1 Å². The molecule has 166 valence electrons. The van der Waals surface area contributed by atoms with Crippen molar-refractivity contribution in [3.63, 3.8) is 0 Å². The van der Waals surface area contributed by atoms with Crippen molar-refractivity contribution in [2.45, 2.75) is 32.1 Å². The zero-order valence-electron chi connectivity index (χ0n) is 17.8. The highest BCUT2D eigenvalue weighted by molar-refractivity contribution is 7.09. The zero-order valence-corrected chi connectivity index (χ0v) is 18.6. The lowest BCUT2D eigenvalue weighted by atomic mass is 10.1. The van der Waals surface area contributed by atoms with Gasteiger partial charge in [0.05, 0.1) is 6.10 Å². The Morgan fingerprint density at radius 3 is 2.78 bits per heavy atom. The summed E-state index contributed by atoms with van der Waals surface area (Å²) < 4.78 is 25.0. The van der Waals surface area contributed by atoms with E-state index < -0.39 is 0 Å². The summed E-state index contributed by atoms with van der Waals surface area (Å²) in [6.45, 7) is 2.29. The number of hydrogen-bond acceptors (Lipinski definition) is 4. The topological polar surface area (TPSA) is 38.8 Å². The van der Waals surface area contributed by atoms with Gasteiger partial charge in [-0.1, -0.05) is 30.3 Å². The highest BCUT2D eigenvalue weighted by Gasteiger charge is 2.21. The Morgan fingerprint density at radius 2 is 2.06 bits per heavy atom. The number of amides is 1. The molecule has 0 bridgehead atoms. The van der Waals surface area contributed by atoms with E-state index in [0.717, 1.165) is 30.8 Å². The average molecular weight is 452 g/mol. The standard InChI is InChI=1S/C26H26FNO3S/c27-22-5-1-4-20(16-22)10-13-26(29)28(18-24-6-2-14-30-24)17-21-8-11-23(12-9-21)31-19-25-7-3-15-32-25/h1,3-5,7-13,15-16,24H,2,6,14,17-19H2. The van der Waals surface area contributed by atoms with E-state index in [1.165, 1.54) is 23.1 Å². The number of carbonyl (C=O) groups excluding carboxylic acids is 1. The Morgan fingerprint density at radius 1 is 1.19 bits per heavy atom. The van der Waals surface area contributed by atoms with Crippen LogP contribution in [0.3, 0.4) is 0 Å². The number of nitrogens with zero attached hydrogens (tertiary/aromatic N) is 1. The molecule has 1 aliphatic heterocycles. The smallest absolute Gasteiger partial charge is 0.246 e. The summed E-state index contributed by atoms with van der Waals surface area (Å²) in [6, 6.07) is 18.1. The number of benzene rings is 2. The van der Waals surface area contributed by atoms with Crippen LogP contribution in [0.4, 0.5) is 4.39 Å². The van der Waals surface area contributed by atoms with Gasteiger partial charge in [-0.2, -0.15) is 0 Å². The normalized spacial score (nSPS) is 15.8. The predicted molar refractivity (Wildman–Crippen MR) is 125 cm³/mol. The van der Waals surface area contributed by atoms with E-state index in [1.54, 1.807) is 34.4 Å². The van der Waals surface area contributed by atoms with E-state index >= 15 is 0 Å². The highest BCUT2D eigenvalue weighted by Crippen LogP contribution is 2.19. The molecule has 1 amide bonds. The Hall–Kier alpha value is -2.96. The molecule has 0 spiro atoms. The quantitative estimate of drug-likeness (QED) is 0.393. The van der Waals surface area contributed by atoms with Gasteiger partial charge in [-0.25, -0.2) is 4.39 Å². The van der Waals surface area contributed by atoms with Crippen LogP contribution < -0.4 is 4.74 Å². The second-order valence-corrected chi connectivity index (χ2v) is 8.79. The molecule has 1 atom stereocenters. The van der Waals surface area contributed by atoms with Gasteiger partial charge in [-0.3, -0.25) is 4.79 Å². The van der Waals surface area contributed by atoms with Gasteiger partial charge in [0.2, 0.25) is 5.91 Å². The first-order valence-corrected chi connectivity index (χ1v) is 11.6. The molecule has 1 aliphatic rings. The lowest BCUT2D eigenvalue weighted by Gasteiger charge is -2.24. The van der Waals surface area contributed by atoms with Gasteiger partial charge in [0.15, 0.2) is 0 Å². The van der Waals surface area contributed by atoms with Crippen molar-refractivity contribution in [1.82, 2.24) is 4.90 Å². The van der Waals surface area contributed by atoms with Crippen LogP contribution in [0.1, 0.15) is 28.8 Å². The van der Waals surface area contributed by atoms with Gasteiger partial charge in [0.25, 0.3) is 0 Å². The minimum absolute atomic E-state index is 0.0509. The van der Waals surface area contributed by atoms with E-state index in [-0.39, 0.29) is 17.8 Å². The molecule has 3 aromatic rings. The second-order valence-electron chi connectivity index (χ2n) is 7.75. The van der Waals surface area contributed by atoms with Crippen molar-refractivity contribution in [2.75, 3.05) is 13.2 Å². The average Bonchev–Trinajstić information content (AvgIpc) is 3.51. The maximum absolute atomic E-state index is 13.4. The fourth-order valence-electron chi connectivity index (χ4n) is 3.61. The SMILES string of the molecule is O=C(C=Cc1cccc(F)c1)N(Cc1ccc(OCc2cccs2)cc1)CC1CCCO1. The maximum Gasteiger partial charge on any atom is 0.246 e. The van der Waals surface area contributed by atoms with E-state index in [1.807, 2.05) is 41.8 Å². The Balaban J connectivity index is 1.40. The van der Waals surface area contributed by atoms with E-state index in [9.17, 15) is 9.18 Å². The van der Waals surface area contributed by atoms with Crippen LogP contribution in [0, 0.1) is 5.82 Å². The minimum atomic E-state index is -0.322. The molecule has 1 aromatic heterocycles. The number of ether oxygens (including phenoxy) is 2. The summed E-state index contributed by atoms with van der Waals surface area (Å²) in [4.78, 5) is 15.9. The molecule has 0 aliphatic carbocycles. The molecule has 1 unspecified atom stereocenters. The molecule has 4 nitrogen and oxygen atoms in total. The van der Waals surface area contributed by atoms with Crippen molar-refractivity contribution >= 4 is 23.3 Å². The first kappa shape index (κ1) is 22.2. The zero-order chi connectivity index (χ0) is 22.2. The molecule has 0 saturated carbocycles. The van der Waals surface area contributed by atoms with Crippen molar-refractivity contribution in [3.8, 4) is 5.75 Å². The summed E-state index contributed by atoms with van der Waals surface area (Å²) in [6.07, 6.45) is 5.17. The first-order valence-electron chi connectivity index (χ1n) is 10.7. The summed E-state index contributed by atoms with van der Waals surface area (Å²) in [5.74, 6) is 0.352. The lowest BCUT2D eigenvalue weighted by molar-refractivity contribution is -0.128. The third-order valence-electron chi connectivity index (χ3n) is 5.28. The Labute approximate surface area is 191 Å². The summed E-state index contributed by atoms with van der Waals surface area (Å²) in [5, 5.41) is 2.03. The van der Waals surface area contributed by atoms with Gasteiger partial charge in [0.1, 0.15) is 18.2 Å². The summed E-state index contributed by atoms with van der Waals surface area (Å²) >= 11 is 1.67. The molecule has 6 heteroatoms. The van der Waals surface area contributed by atoms with E-state index in [2.05, 4.69) is 0 Å². The third-order valence-corrected chi connectivity index (χ3v) is 6.13. The second kappa shape index (κ2) is 11.1. The summed E-state index contributed by atoms with van der Waals surface area (Å²) in [5.41, 5.74) is 1.67. The number of rotatable bonds is 9. The fraction of sp³-hybridized carbons (Fsp3) is 0.269. The predicted octanol–water partition coefficient (Wildman–Crippen LogP) is 5.69. The monoisotopic (exact) mass is 451 g/mol. The summed E-state index contributed by atoms with van der Waals surface area (Å²) in [7, 11) is 0. The maximum atomic E-state index is 13.4. The van der Waals surface area contributed by atoms with Crippen molar-refractivity contribution in [1.29, 1.82) is 0 Å². The molecule has 1 saturated heterocycles. The molecule has 4 rings (SSSR count). The van der Waals surface area contributed by atoms with E-state index in [0.29, 0.717) is 25.3 Å². The number of thiophene rings is 1. The highest BCUT2D eigenvalue weighted by atomic mass is 32.1. The van der Waals surface area contributed by atoms with Gasteiger partial charge < -0.3 is 14.4 Å². The van der Waals surface area contributed by atoms with Gasteiger partial charge in [0, 0.05) is 30.6 Å². The van der Waals surface area contributed by atoms with Crippen LogP contribution in [0.2, 0.25) is 0 Å². The van der Waals surface area contributed by atoms with Crippen molar-refractivity contribution in [3.05, 3.63) is 93.9 Å². The Bertz CT molecular complexity index is 1030. The van der Waals surface area contributed by atoms with Crippen LogP contribution in [0.15, 0.2) is 72.1 Å². The number of halogens is 1. The molecular weight excluding hydrogens is 425 g/mol. The Kier molecular flexibility index (Phi) is 7.69. The fourth-order valence-corrected chi connectivity index (χ4v) is 4.23.